The molecule has 10 nitrogen and oxygen atoms in total. The lowest BCUT2D eigenvalue weighted by atomic mass is 10.1. The molecular weight excluding hydrogens is 270 g/mol. The molecule has 0 aromatic carbocycles. The van der Waals surface area contributed by atoms with E-state index < -0.39 is 24.9 Å². The molecule has 0 spiro atoms. The van der Waals surface area contributed by atoms with Crippen molar-refractivity contribution in [3.63, 3.8) is 0 Å². The molecule has 3 unspecified atom stereocenters. The van der Waals surface area contributed by atoms with E-state index in [4.69, 9.17) is 26.2 Å². The van der Waals surface area contributed by atoms with Crippen LogP contribution in [-0.2, 0) is 4.79 Å². The van der Waals surface area contributed by atoms with Crippen molar-refractivity contribution in [2.24, 2.45) is 0 Å². The number of fused-ring (bicyclic) bond motifs is 1. The quantitative estimate of drug-likeness (QED) is 0.323. The summed E-state index contributed by atoms with van der Waals surface area (Å²) in [7, 11) is 0. The molecule has 0 aliphatic rings. The maximum atomic E-state index is 9.76. The third-order valence-corrected chi connectivity index (χ3v) is 2.32. The second kappa shape index (κ2) is 7.45. The number of nitrogens with zero attached hydrogens (tertiary/aromatic N) is 3. The van der Waals surface area contributed by atoms with Gasteiger partial charge >= 0.3 is 0 Å². The fraction of sp³-hybridized carbons (Fsp3) is 0.400. The van der Waals surface area contributed by atoms with Crippen molar-refractivity contribution < 1.29 is 25.2 Å². The van der Waals surface area contributed by atoms with E-state index in [1.165, 1.54) is 12.7 Å². The third-order valence-electron chi connectivity index (χ3n) is 2.32. The van der Waals surface area contributed by atoms with Gasteiger partial charge in [-0.2, -0.15) is 0 Å². The number of aliphatic hydroxyl groups excluding tert-OH is 4. The number of aromatic nitrogens is 4. The highest BCUT2D eigenvalue weighted by molar-refractivity contribution is 5.80. The van der Waals surface area contributed by atoms with Crippen molar-refractivity contribution in [1.29, 1.82) is 0 Å². The van der Waals surface area contributed by atoms with Crippen LogP contribution in [0.25, 0.3) is 11.2 Å². The third kappa shape index (κ3) is 3.93. The first kappa shape index (κ1) is 15.9. The van der Waals surface area contributed by atoms with Gasteiger partial charge in [0.2, 0.25) is 0 Å². The largest absolute Gasteiger partial charge is 0.394 e. The second-order valence-electron chi connectivity index (χ2n) is 3.73. The molecule has 2 aromatic heterocycles. The first-order chi connectivity index (χ1) is 9.51. The number of nitrogens with two attached hydrogens (primary N) is 1. The smallest absolute Gasteiger partial charge is 0.182 e. The van der Waals surface area contributed by atoms with E-state index in [0.29, 0.717) is 17.0 Å². The molecule has 0 radical (unpaired) electrons. The molecule has 2 aromatic rings. The summed E-state index contributed by atoms with van der Waals surface area (Å²) in [5.74, 6) is 0.433. The number of aldehydes is 1. The molecule has 20 heavy (non-hydrogen) atoms. The van der Waals surface area contributed by atoms with Gasteiger partial charge in [-0.1, -0.05) is 0 Å². The van der Waals surface area contributed by atoms with Crippen LogP contribution in [-0.4, -0.2) is 71.6 Å². The Balaban J connectivity index is 0.000000200. The lowest BCUT2D eigenvalue weighted by Gasteiger charge is -2.16. The van der Waals surface area contributed by atoms with Gasteiger partial charge in [-0.15, -0.1) is 0 Å². The van der Waals surface area contributed by atoms with E-state index >= 15 is 0 Å². The number of anilines is 1. The Morgan fingerprint density at radius 2 is 2.00 bits per heavy atom. The average molecular weight is 285 g/mol. The van der Waals surface area contributed by atoms with Gasteiger partial charge in [-0.25, -0.2) is 15.0 Å². The first-order valence-electron chi connectivity index (χ1n) is 5.51. The van der Waals surface area contributed by atoms with Crippen LogP contribution in [0.2, 0.25) is 0 Å². The van der Waals surface area contributed by atoms with E-state index in [2.05, 4.69) is 19.9 Å². The summed E-state index contributed by atoms with van der Waals surface area (Å²) in [4.78, 5) is 24.1. The zero-order valence-electron chi connectivity index (χ0n) is 10.3. The highest BCUT2D eigenvalue weighted by atomic mass is 16.4. The molecule has 0 saturated heterocycles. The van der Waals surface area contributed by atoms with Gasteiger partial charge in [0.15, 0.2) is 17.8 Å². The lowest BCUT2D eigenvalue weighted by Crippen LogP contribution is -2.40. The molecule has 0 bridgehead atoms. The van der Waals surface area contributed by atoms with E-state index in [-0.39, 0.29) is 6.29 Å². The zero-order valence-corrected chi connectivity index (χ0v) is 10.3. The Labute approximate surface area is 112 Å². The van der Waals surface area contributed by atoms with Crippen LogP contribution >= 0.6 is 0 Å². The van der Waals surface area contributed by atoms with Crippen LogP contribution in [0.5, 0.6) is 0 Å². The molecular formula is C10H15N5O5. The maximum Gasteiger partial charge on any atom is 0.182 e. The second-order valence-corrected chi connectivity index (χ2v) is 3.73. The molecule has 2 rings (SSSR count). The van der Waals surface area contributed by atoms with Gasteiger partial charge < -0.3 is 35.9 Å². The average Bonchev–Trinajstić information content (AvgIpc) is 2.95. The molecule has 110 valence electrons. The fourth-order valence-electron chi connectivity index (χ4n) is 1.20. The van der Waals surface area contributed by atoms with Crippen molar-refractivity contribution in [2.75, 3.05) is 12.3 Å². The summed E-state index contributed by atoms with van der Waals surface area (Å²) in [5.41, 5.74) is 6.78. The minimum atomic E-state index is -1.64. The van der Waals surface area contributed by atoms with Gasteiger partial charge in [-0.3, -0.25) is 0 Å². The molecule has 7 N–H and O–H groups in total. The number of nitrogens with one attached hydrogen (secondary N) is 1. The van der Waals surface area contributed by atoms with Gasteiger partial charge in [0.25, 0.3) is 0 Å². The summed E-state index contributed by atoms with van der Waals surface area (Å²) in [6.45, 7) is -0.688. The van der Waals surface area contributed by atoms with E-state index in [0.717, 1.165) is 0 Å². The number of aliphatic hydroxyl groups is 4. The first-order valence-corrected chi connectivity index (χ1v) is 5.51. The Bertz CT molecular complexity index is 548. The monoisotopic (exact) mass is 285 g/mol. The highest BCUT2D eigenvalue weighted by Crippen LogP contribution is 2.09. The Morgan fingerprint density at radius 3 is 2.55 bits per heavy atom. The van der Waals surface area contributed by atoms with Crippen molar-refractivity contribution in [2.45, 2.75) is 18.3 Å². The predicted octanol–water partition coefficient (Wildman–Crippen LogP) is -2.80. The summed E-state index contributed by atoms with van der Waals surface area (Å²) >= 11 is 0. The molecule has 0 aliphatic heterocycles. The summed E-state index contributed by atoms with van der Waals surface area (Å²) < 4.78 is 0. The Kier molecular flexibility index (Phi) is 5.93. The van der Waals surface area contributed by atoms with Crippen LogP contribution in [0.3, 0.4) is 0 Å². The van der Waals surface area contributed by atoms with Crippen LogP contribution in [0.1, 0.15) is 0 Å². The van der Waals surface area contributed by atoms with Crippen molar-refractivity contribution in [3.05, 3.63) is 12.7 Å². The SMILES string of the molecule is Nc1ncnc2nc[nH]c12.O=CC(O)C(O)C(O)CO. The van der Waals surface area contributed by atoms with E-state index in [1.807, 2.05) is 0 Å². The number of carbonyl (C=O) groups is 1. The predicted molar refractivity (Wildman–Crippen MR) is 67.3 cm³/mol. The van der Waals surface area contributed by atoms with Crippen molar-refractivity contribution in [1.82, 2.24) is 19.9 Å². The van der Waals surface area contributed by atoms with Gasteiger partial charge in [-0.05, 0) is 0 Å². The lowest BCUT2D eigenvalue weighted by molar-refractivity contribution is -0.127. The molecule has 0 saturated carbocycles. The number of H-pyrrole nitrogens is 1. The topological polar surface area (TPSA) is 178 Å². The standard InChI is InChI=1S/C5H5N5.C5H10O5/c6-4-3-5(9-1-7-3)10-2-8-4;6-1-3(8)5(10)4(9)2-7/h1-2H,(H3,6,7,8,9,10);1,3-5,7-10H,2H2. The Morgan fingerprint density at radius 1 is 1.30 bits per heavy atom. The van der Waals surface area contributed by atoms with Gasteiger partial charge in [0.05, 0.1) is 12.9 Å². The molecule has 3 atom stereocenters. The number of nitrogen functional groups attached to an aromatic ring is 1. The number of carbonyl (C=O) groups excluding carboxylic acids is 1. The van der Waals surface area contributed by atoms with Crippen molar-refractivity contribution >= 4 is 23.3 Å². The van der Waals surface area contributed by atoms with Crippen LogP contribution in [0, 0.1) is 0 Å². The number of hydrogen-bond donors (Lipinski definition) is 6. The highest BCUT2D eigenvalue weighted by Gasteiger charge is 2.22. The van der Waals surface area contributed by atoms with Crippen LogP contribution in [0.15, 0.2) is 12.7 Å². The van der Waals surface area contributed by atoms with E-state index in [9.17, 15) is 4.79 Å². The summed E-state index contributed by atoms with van der Waals surface area (Å²) in [6.07, 6.45) is -1.71. The minimum Gasteiger partial charge on any atom is -0.394 e. The molecule has 2 heterocycles. The molecule has 0 aliphatic carbocycles. The number of aromatic amines is 1. The van der Waals surface area contributed by atoms with Gasteiger partial charge in [0, 0.05) is 0 Å². The zero-order chi connectivity index (χ0) is 15.1. The summed E-state index contributed by atoms with van der Waals surface area (Å²) in [5, 5.41) is 34.1. The molecule has 10 heteroatoms. The molecule has 0 fully saturated rings. The fourth-order valence-corrected chi connectivity index (χ4v) is 1.20. The number of imidazole rings is 1. The summed E-state index contributed by atoms with van der Waals surface area (Å²) in [6, 6.07) is 0. The maximum absolute atomic E-state index is 9.76. The normalized spacial score (nSPS) is 15.0. The minimum absolute atomic E-state index is 0.0869. The number of rotatable bonds is 4. The van der Waals surface area contributed by atoms with Gasteiger partial charge in [0.1, 0.15) is 30.2 Å². The Hall–Kier alpha value is -2.14. The van der Waals surface area contributed by atoms with E-state index in [1.54, 1.807) is 0 Å². The molecule has 0 amide bonds. The number of hydrogen-bond acceptors (Lipinski definition) is 9. The van der Waals surface area contributed by atoms with Crippen molar-refractivity contribution in [3.8, 4) is 0 Å². The van der Waals surface area contributed by atoms with Crippen LogP contribution in [0.4, 0.5) is 5.82 Å². The van der Waals surface area contributed by atoms with Crippen LogP contribution < -0.4 is 5.73 Å².